The van der Waals surface area contributed by atoms with E-state index in [-0.39, 0.29) is 5.82 Å². The molecule has 102 valence electrons. The van der Waals surface area contributed by atoms with Crippen LogP contribution in [0.5, 0.6) is 0 Å². The Balaban J connectivity index is 1.91. The van der Waals surface area contributed by atoms with Gasteiger partial charge in [0.2, 0.25) is 0 Å². The molecule has 0 spiro atoms. The molecule has 0 amide bonds. The predicted octanol–water partition coefficient (Wildman–Crippen LogP) is 4.49. The maximum absolute atomic E-state index is 12.7. The van der Waals surface area contributed by atoms with Gasteiger partial charge in [0.1, 0.15) is 5.82 Å². The van der Waals surface area contributed by atoms with Crippen LogP contribution in [0.2, 0.25) is 0 Å². The summed E-state index contributed by atoms with van der Waals surface area (Å²) in [7, 11) is 0. The van der Waals surface area contributed by atoms with Crippen molar-refractivity contribution in [2.24, 2.45) is 0 Å². The second-order valence-electron chi connectivity index (χ2n) is 4.68. The van der Waals surface area contributed by atoms with Crippen LogP contribution in [-0.2, 0) is 0 Å². The Morgan fingerprint density at radius 2 is 1.50 bits per heavy atom. The summed E-state index contributed by atoms with van der Waals surface area (Å²) in [6, 6.07) is 6.37. The number of rotatable bonds is 10. The molecule has 0 aliphatic carbocycles. The molecule has 3 heteroatoms. The minimum atomic E-state index is -0.201. The number of nitrogens with one attached hydrogen (secondary N) is 2. The first kappa shape index (κ1) is 15.0. The van der Waals surface area contributed by atoms with Crippen molar-refractivity contribution in [1.82, 2.24) is 5.43 Å². The minimum Gasteiger partial charge on any atom is -0.322 e. The van der Waals surface area contributed by atoms with Crippen molar-refractivity contribution >= 4 is 5.69 Å². The highest BCUT2D eigenvalue weighted by molar-refractivity contribution is 5.41. The van der Waals surface area contributed by atoms with E-state index in [9.17, 15) is 4.39 Å². The summed E-state index contributed by atoms with van der Waals surface area (Å²) < 4.78 is 12.7. The van der Waals surface area contributed by atoms with Crippen LogP contribution < -0.4 is 10.9 Å². The van der Waals surface area contributed by atoms with Crippen LogP contribution in [0.25, 0.3) is 0 Å². The fourth-order valence-electron chi connectivity index (χ4n) is 1.87. The molecule has 0 radical (unpaired) electrons. The van der Waals surface area contributed by atoms with Gasteiger partial charge in [-0.2, -0.15) is 0 Å². The molecule has 1 rings (SSSR count). The van der Waals surface area contributed by atoms with Gasteiger partial charge < -0.3 is 5.43 Å². The molecule has 0 saturated carbocycles. The second-order valence-corrected chi connectivity index (χ2v) is 4.68. The summed E-state index contributed by atoms with van der Waals surface area (Å²) in [6.45, 7) is 3.19. The number of hydrazine groups is 1. The van der Waals surface area contributed by atoms with E-state index in [4.69, 9.17) is 0 Å². The highest BCUT2D eigenvalue weighted by atomic mass is 19.1. The molecule has 0 atom stereocenters. The first-order valence-corrected chi connectivity index (χ1v) is 7.07. The van der Waals surface area contributed by atoms with E-state index in [1.54, 1.807) is 12.1 Å². The standard InChI is InChI=1S/C15H25FN2/c1-2-3-4-5-6-7-8-13-17-18-15-11-9-14(16)10-12-15/h9-12,17-18H,2-8,13H2,1H3. The molecule has 0 aliphatic heterocycles. The first-order valence-electron chi connectivity index (χ1n) is 7.07. The van der Waals surface area contributed by atoms with Crippen LogP contribution in [0, 0.1) is 5.82 Å². The fourth-order valence-corrected chi connectivity index (χ4v) is 1.87. The summed E-state index contributed by atoms with van der Waals surface area (Å²) in [5.74, 6) is -0.201. The molecule has 0 heterocycles. The normalized spacial score (nSPS) is 10.6. The quantitative estimate of drug-likeness (QED) is 0.473. The largest absolute Gasteiger partial charge is 0.322 e. The van der Waals surface area contributed by atoms with E-state index in [0.29, 0.717) is 0 Å². The van der Waals surface area contributed by atoms with Crippen molar-refractivity contribution in [1.29, 1.82) is 0 Å². The molecule has 0 bridgehead atoms. The zero-order valence-corrected chi connectivity index (χ0v) is 11.3. The molecule has 0 unspecified atom stereocenters. The lowest BCUT2D eigenvalue weighted by Crippen LogP contribution is -2.22. The van der Waals surface area contributed by atoms with Gasteiger partial charge in [-0.25, -0.2) is 9.82 Å². The van der Waals surface area contributed by atoms with E-state index >= 15 is 0 Å². The Morgan fingerprint density at radius 1 is 0.889 bits per heavy atom. The number of hydrogen-bond donors (Lipinski definition) is 2. The van der Waals surface area contributed by atoms with Gasteiger partial charge in [-0.3, -0.25) is 0 Å². The molecule has 0 aliphatic rings. The molecule has 18 heavy (non-hydrogen) atoms. The summed E-state index contributed by atoms with van der Waals surface area (Å²) in [5.41, 5.74) is 7.12. The molecule has 2 nitrogen and oxygen atoms in total. The molecular formula is C15H25FN2. The Labute approximate surface area is 110 Å². The topological polar surface area (TPSA) is 24.1 Å². The lowest BCUT2D eigenvalue weighted by atomic mass is 10.1. The average Bonchev–Trinajstić information content (AvgIpc) is 2.39. The summed E-state index contributed by atoms with van der Waals surface area (Å²) in [5, 5.41) is 0. The number of unbranched alkanes of at least 4 members (excludes halogenated alkanes) is 6. The van der Waals surface area contributed by atoms with Gasteiger partial charge in [-0.1, -0.05) is 45.4 Å². The van der Waals surface area contributed by atoms with Gasteiger partial charge in [0, 0.05) is 12.2 Å². The first-order chi connectivity index (χ1) is 8.83. The van der Waals surface area contributed by atoms with Crippen molar-refractivity contribution < 1.29 is 4.39 Å². The molecular weight excluding hydrogens is 227 g/mol. The monoisotopic (exact) mass is 252 g/mol. The molecule has 1 aromatic carbocycles. The van der Waals surface area contributed by atoms with E-state index in [1.807, 2.05) is 0 Å². The third-order valence-electron chi connectivity index (χ3n) is 2.98. The SMILES string of the molecule is CCCCCCCCCNNc1ccc(F)cc1. The van der Waals surface area contributed by atoms with E-state index in [0.717, 1.165) is 12.2 Å². The summed E-state index contributed by atoms with van der Waals surface area (Å²) >= 11 is 0. The van der Waals surface area contributed by atoms with Crippen LogP contribution in [0.15, 0.2) is 24.3 Å². The molecule has 1 aromatic rings. The summed E-state index contributed by atoms with van der Waals surface area (Å²) in [6.07, 6.45) is 9.20. The van der Waals surface area contributed by atoms with Gasteiger partial charge in [0.25, 0.3) is 0 Å². The highest BCUT2D eigenvalue weighted by Crippen LogP contribution is 2.07. The van der Waals surface area contributed by atoms with Crippen LogP contribution in [0.4, 0.5) is 10.1 Å². The third-order valence-corrected chi connectivity index (χ3v) is 2.98. The number of anilines is 1. The zero-order chi connectivity index (χ0) is 13.1. The minimum absolute atomic E-state index is 0.201. The number of hydrogen-bond acceptors (Lipinski definition) is 2. The van der Waals surface area contributed by atoms with Crippen LogP contribution in [-0.4, -0.2) is 6.54 Å². The lowest BCUT2D eigenvalue weighted by molar-refractivity contribution is 0.577. The fraction of sp³-hybridized carbons (Fsp3) is 0.600. The molecule has 2 N–H and O–H groups in total. The maximum Gasteiger partial charge on any atom is 0.123 e. The summed E-state index contributed by atoms with van der Waals surface area (Å²) in [4.78, 5) is 0. The van der Waals surface area contributed by atoms with Gasteiger partial charge in [0.05, 0.1) is 0 Å². The van der Waals surface area contributed by atoms with Crippen molar-refractivity contribution in [2.75, 3.05) is 12.0 Å². The number of halogens is 1. The van der Waals surface area contributed by atoms with Crippen molar-refractivity contribution in [3.8, 4) is 0 Å². The van der Waals surface area contributed by atoms with E-state index in [2.05, 4.69) is 17.8 Å². The lowest BCUT2D eigenvalue weighted by Gasteiger charge is -2.08. The van der Waals surface area contributed by atoms with Crippen LogP contribution >= 0.6 is 0 Å². The maximum atomic E-state index is 12.7. The Hall–Kier alpha value is -1.09. The Bertz CT molecular complexity index is 298. The molecule has 0 fully saturated rings. The van der Waals surface area contributed by atoms with Crippen LogP contribution in [0.3, 0.4) is 0 Å². The molecule has 0 aromatic heterocycles. The van der Waals surface area contributed by atoms with Gasteiger partial charge in [-0.05, 0) is 30.7 Å². The van der Waals surface area contributed by atoms with Crippen molar-refractivity contribution in [3.05, 3.63) is 30.1 Å². The Morgan fingerprint density at radius 3 is 2.17 bits per heavy atom. The van der Waals surface area contributed by atoms with E-state index in [1.165, 1.54) is 57.1 Å². The van der Waals surface area contributed by atoms with E-state index < -0.39 is 0 Å². The highest BCUT2D eigenvalue weighted by Gasteiger charge is 1.93. The Kier molecular flexibility index (Phi) is 8.23. The molecule has 0 saturated heterocycles. The van der Waals surface area contributed by atoms with Crippen molar-refractivity contribution in [3.63, 3.8) is 0 Å². The second kappa shape index (κ2) is 9.89. The van der Waals surface area contributed by atoms with Gasteiger partial charge >= 0.3 is 0 Å². The number of benzene rings is 1. The van der Waals surface area contributed by atoms with Gasteiger partial charge in [-0.15, -0.1) is 0 Å². The predicted molar refractivity (Wildman–Crippen MR) is 76.0 cm³/mol. The van der Waals surface area contributed by atoms with Gasteiger partial charge in [0.15, 0.2) is 0 Å². The van der Waals surface area contributed by atoms with Crippen LogP contribution in [0.1, 0.15) is 51.9 Å². The zero-order valence-electron chi connectivity index (χ0n) is 11.3. The van der Waals surface area contributed by atoms with Crippen molar-refractivity contribution in [2.45, 2.75) is 51.9 Å². The third kappa shape index (κ3) is 7.28. The average molecular weight is 252 g/mol. The smallest absolute Gasteiger partial charge is 0.123 e.